The summed E-state index contributed by atoms with van der Waals surface area (Å²) in [6.45, 7) is 3.10. The Bertz CT molecular complexity index is 409. The summed E-state index contributed by atoms with van der Waals surface area (Å²) in [6.07, 6.45) is 4.62. The molecule has 1 aromatic rings. The molecule has 1 fully saturated rings. The van der Waals surface area contributed by atoms with Crippen molar-refractivity contribution in [1.82, 2.24) is 9.97 Å². The number of hydrogen-bond donors (Lipinski definition) is 3. The predicted octanol–water partition coefficient (Wildman–Crippen LogP) is 1.76. The second-order valence-corrected chi connectivity index (χ2v) is 4.75. The SMILES string of the molecule is CCCNc1ncc(F)c(NCC2(O)CCC2)n1. The molecule has 100 valence electrons. The monoisotopic (exact) mass is 254 g/mol. The van der Waals surface area contributed by atoms with Gasteiger partial charge in [-0.05, 0) is 25.7 Å². The van der Waals surface area contributed by atoms with Gasteiger partial charge in [0.15, 0.2) is 11.6 Å². The van der Waals surface area contributed by atoms with E-state index >= 15 is 0 Å². The number of hydrogen-bond acceptors (Lipinski definition) is 5. The van der Waals surface area contributed by atoms with Crippen LogP contribution in [0.25, 0.3) is 0 Å². The molecule has 0 unspecified atom stereocenters. The molecule has 3 N–H and O–H groups in total. The Kier molecular flexibility index (Phi) is 3.96. The fraction of sp³-hybridized carbons (Fsp3) is 0.667. The van der Waals surface area contributed by atoms with Crippen LogP contribution in [0.4, 0.5) is 16.2 Å². The van der Waals surface area contributed by atoms with Gasteiger partial charge in [0.2, 0.25) is 5.95 Å². The van der Waals surface area contributed by atoms with E-state index in [9.17, 15) is 9.50 Å². The van der Waals surface area contributed by atoms with Crippen molar-refractivity contribution in [2.45, 2.75) is 38.2 Å². The first-order valence-corrected chi connectivity index (χ1v) is 6.36. The van der Waals surface area contributed by atoms with Crippen LogP contribution < -0.4 is 10.6 Å². The van der Waals surface area contributed by atoms with Gasteiger partial charge in [0, 0.05) is 13.1 Å². The van der Waals surface area contributed by atoms with Gasteiger partial charge in [-0.25, -0.2) is 9.37 Å². The van der Waals surface area contributed by atoms with E-state index in [2.05, 4.69) is 20.6 Å². The number of nitrogens with zero attached hydrogens (tertiary/aromatic N) is 2. The van der Waals surface area contributed by atoms with E-state index in [0.29, 0.717) is 12.5 Å². The number of nitrogens with one attached hydrogen (secondary N) is 2. The highest BCUT2D eigenvalue weighted by Gasteiger charge is 2.34. The average molecular weight is 254 g/mol. The molecule has 2 rings (SSSR count). The van der Waals surface area contributed by atoms with Crippen molar-refractivity contribution < 1.29 is 9.50 Å². The fourth-order valence-corrected chi connectivity index (χ4v) is 1.82. The largest absolute Gasteiger partial charge is 0.388 e. The lowest BCUT2D eigenvalue weighted by Crippen LogP contribution is -2.43. The Morgan fingerprint density at radius 3 is 2.83 bits per heavy atom. The van der Waals surface area contributed by atoms with Gasteiger partial charge in [0.25, 0.3) is 0 Å². The van der Waals surface area contributed by atoms with Crippen molar-refractivity contribution >= 4 is 11.8 Å². The van der Waals surface area contributed by atoms with Crippen molar-refractivity contribution in [3.63, 3.8) is 0 Å². The highest BCUT2D eigenvalue weighted by Crippen LogP contribution is 2.31. The van der Waals surface area contributed by atoms with Crippen molar-refractivity contribution in [3.8, 4) is 0 Å². The Morgan fingerprint density at radius 1 is 1.44 bits per heavy atom. The molecule has 18 heavy (non-hydrogen) atoms. The first-order valence-electron chi connectivity index (χ1n) is 6.36. The third kappa shape index (κ3) is 3.07. The minimum atomic E-state index is -0.700. The molecule has 1 aliphatic rings. The highest BCUT2D eigenvalue weighted by atomic mass is 19.1. The van der Waals surface area contributed by atoms with Crippen LogP contribution in [0.5, 0.6) is 0 Å². The van der Waals surface area contributed by atoms with Gasteiger partial charge in [-0.2, -0.15) is 4.98 Å². The topological polar surface area (TPSA) is 70.1 Å². The van der Waals surface area contributed by atoms with E-state index in [1.54, 1.807) is 0 Å². The highest BCUT2D eigenvalue weighted by molar-refractivity contribution is 5.41. The van der Waals surface area contributed by atoms with E-state index in [-0.39, 0.29) is 5.82 Å². The second-order valence-electron chi connectivity index (χ2n) is 4.75. The van der Waals surface area contributed by atoms with Crippen LogP contribution in [0.1, 0.15) is 32.6 Å². The molecule has 1 aromatic heterocycles. The van der Waals surface area contributed by atoms with E-state index < -0.39 is 11.4 Å². The van der Waals surface area contributed by atoms with Gasteiger partial charge in [-0.1, -0.05) is 6.92 Å². The average Bonchev–Trinajstić information content (AvgIpc) is 2.34. The lowest BCUT2D eigenvalue weighted by atomic mass is 9.80. The van der Waals surface area contributed by atoms with Gasteiger partial charge in [-0.3, -0.25) is 0 Å². The molecule has 0 aromatic carbocycles. The molecule has 0 spiro atoms. The molecule has 6 heteroatoms. The molecular formula is C12H19FN4O. The molecule has 1 heterocycles. The van der Waals surface area contributed by atoms with E-state index in [4.69, 9.17) is 0 Å². The molecule has 0 saturated heterocycles. The van der Waals surface area contributed by atoms with E-state index in [0.717, 1.165) is 38.4 Å². The maximum atomic E-state index is 13.5. The Morgan fingerprint density at radius 2 is 2.22 bits per heavy atom. The number of halogens is 1. The van der Waals surface area contributed by atoms with Crippen molar-refractivity contribution in [1.29, 1.82) is 0 Å². The maximum absolute atomic E-state index is 13.5. The smallest absolute Gasteiger partial charge is 0.224 e. The quantitative estimate of drug-likeness (QED) is 0.721. The van der Waals surface area contributed by atoms with Crippen LogP contribution in [0.15, 0.2) is 6.20 Å². The molecule has 0 bridgehead atoms. The van der Waals surface area contributed by atoms with E-state index in [1.807, 2.05) is 6.92 Å². The lowest BCUT2D eigenvalue weighted by Gasteiger charge is -2.36. The number of aliphatic hydroxyl groups is 1. The summed E-state index contributed by atoms with van der Waals surface area (Å²) in [5.74, 6) is 0.0465. The van der Waals surface area contributed by atoms with Crippen molar-refractivity contribution in [3.05, 3.63) is 12.0 Å². The zero-order chi connectivity index (χ0) is 13.0. The summed E-state index contributed by atoms with van der Waals surface area (Å²) in [4.78, 5) is 7.91. The second kappa shape index (κ2) is 5.48. The fourth-order valence-electron chi connectivity index (χ4n) is 1.82. The van der Waals surface area contributed by atoms with Crippen LogP contribution in [-0.4, -0.2) is 33.8 Å². The summed E-state index contributed by atoms with van der Waals surface area (Å²) >= 11 is 0. The van der Waals surface area contributed by atoms with Gasteiger partial charge in [-0.15, -0.1) is 0 Å². The normalized spacial score (nSPS) is 17.1. The van der Waals surface area contributed by atoms with Crippen LogP contribution in [0, 0.1) is 5.82 Å². The van der Waals surface area contributed by atoms with Gasteiger partial charge in [0.1, 0.15) is 0 Å². The summed E-state index contributed by atoms with van der Waals surface area (Å²) in [5, 5.41) is 15.8. The van der Waals surface area contributed by atoms with Crippen LogP contribution in [0.2, 0.25) is 0 Å². The zero-order valence-corrected chi connectivity index (χ0v) is 10.5. The molecular weight excluding hydrogens is 235 g/mol. The first-order chi connectivity index (χ1) is 8.63. The third-order valence-corrected chi connectivity index (χ3v) is 3.15. The molecule has 0 atom stereocenters. The molecule has 0 radical (unpaired) electrons. The Balaban J connectivity index is 1.97. The molecule has 1 aliphatic carbocycles. The summed E-state index contributed by atoms with van der Waals surface area (Å²) in [5.41, 5.74) is -0.700. The third-order valence-electron chi connectivity index (χ3n) is 3.15. The summed E-state index contributed by atoms with van der Waals surface area (Å²) < 4.78 is 13.5. The summed E-state index contributed by atoms with van der Waals surface area (Å²) in [6, 6.07) is 0. The van der Waals surface area contributed by atoms with Gasteiger partial charge in [0.05, 0.1) is 11.8 Å². The zero-order valence-electron chi connectivity index (χ0n) is 10.5. The standard InChI is InChI=1S/C12H19FN4O/c1-2-6-14-11-15-7-9(13)10(17-11)16-8-12(18)4-3-5-12/h7,18H,2-6,8H2,1H3,(H2,14,15,16,17). The first kappa shape index (κ1) is 13.0. The van der Waals surface area contributed by atoms with Crippen LogP contribution in [-0.2, 0) is 0 Å². The van der Waals surface area contributed by atoms with E-state index in [1.165, 1.54) is 0 Å². The van der Waals surface area contributed by atoms with Gasteiger partial charge >= 0.3 is 0 Å². The van der Waals surface area contributed by atoms with Gasteiger partial charge < -0.3 is 15.7 Å². The number of rotatable bonds is 6. The lowest BCUT2D eigenvalue weighted by molar-refractivity contribution is -0.0203. The maximum Gasteiger partial charge on any atom is 0.224 e. The van der Waals surface area contributed by atoms with Crippen molar-refractivity contribution in [2.75, 3.05) is 23.7 Å². The molecule has 0 amide bonds. The minimum Gasteiger partial charge on any atom is -0.388 e. The van der Waals surface area contributed by atoms with Crippen molar-refractivity contribution in [2.24, 2.45) is 0 Å². The van der Waals surface area contributed by atoms with Crippen LogP contribution >= 0.6 is 0 Å². The molecule has 1 saturated carbocycles. The molecule has 0 aliphatic heterocycles. The predicted molar refractivity (Wildman–Crippen MR) is 68.1 cm³/mol. The Hall–Kier alpha value is -1.43. The number of aromatic nitrogens is 2. The van der Waals surface area contributed by atoms with Crippen LogP contribution in [0.3, 0.4) is 0 Å². The summed E-state index contributed by atoms with van der Waals surface area (Å²) in [7, 11) is 0. The number of anilines is 2. The Labute approximate surface area is 106 Å². The molecule has 5 nitrogen and oxygen atoms in total. The minimum absolute atomic E-state index is 0.143.